The molecule has 30 heavy (non-hydrogen) atoms. The van der Waals surface area contributed by atoms with Crippen molar-refractivity contribution in [1.82, 2.24) is 0 Å². The average Bonchev–Trinajstić information content (AvgIpc) is 2.70. The lowest BCUT2D eigenvalue weighted by Gasteiger charge is -2.24. The first kappa shape index (κ1) is 23.0. The van der Waals surface area contributed by atoms with E-state index in [0.29, 0.717) is 11.4 Å². The van der Waals surface area contributed by atoms with Crippen LogP contribution in [0.1, 0.15) is 33.3 Å². The summed E-state index contributed by atoms with van der Waals surface area (Å²) in [5.74, 6) is -0.246. The molecule has 0 saturated carbocycles. The summed E-state index contributed by atoms with van der Waals surface area (Å²) < 4.78 is 15.9. The molecule has 2 atom stereocenters. The molecule has 6 heteroatoms. The van der Waals surface area contributed by atoms with Crippen molar-refractivity contribution in [2.75, 3.05) is 12.4 Å². The summed E-state index contributed by atoms with van der Waals surface area (Å²) in [6, 6.07) is 16.6. The first-order chi connectivity index (χ1) is 14.2. The lowest BCUT2D eigenvalue weighted by Crippen LogP contribution is -2.35. The van der Waals surface area contributed by atoms with Crippen LogP contribution in [0, 0.1) is 5.92 Å². The van der Waals surface area contributed by atoms with Crippen molar-refractivity contribution in [3.63, 3.8) is 0 Å². The van der Waals surface area contributed by atoms with Crippen molar-refractivity contribution in [2.45, 2.75) is 39.4 Å². The van der Waals surface area contributed by atoms with Gasteiger partial charge in [0, 0.05) is 5.69 Å². The zero-order valence-corrected chi connectivity index (χ0v) is 18.0. The van der Waals surface area contributed by atoms with Gasteiger partial charge in [-0.1, -0.05) is 36.4 Å². The Morgan fingerprint density at radius 3 is 2.20 bits per heavy atom. The Morgan fingerprint density at radius 1 is 1.00 bits per heavy atom. The second kappa shape index (κ2) is 10.5. The number of carbonyl (C=O) groups is 2. The van der Waals surface area contributed by atoms with Crippen molar-refractivity contribution in [1.29, 1.82) is 0 Å². The zero-order chi connectivity index (χ0) is 22.1. The first-order valence-electron chi connectivity index (χ1n) is 9.76. The van der Waals surface area contributed by atoms with E-state index in [0.717, 1.165) is 5.56 Å². The van der Waals surface area contributed by atoms with Gasteiger partial charge in [0.25, 0.3) is 0 Å². The second-order valence-electron chi connectivity index (χ2n) is 7.82. The molecule has 2 aromatic carbocycles. The third-order valence-corrected chi connectivity index (χ3v) is 4.16. The van der Waals surface area contributed by atoms with Crippen LogP contribution in [0.25, 0.3) is 6.08 Å². The number of benzene rings is 2. The topological polar surface area (TPSA) is 73.9 Å². The van der Waals surface area contributed by atoms with E-state index >= 15 is 0 Å². The van der Waals surface area contributed by atoms with Gasteiger partial charge < -0.3 is 19.5 Å². The lowest BCUT2D eigenvalue weighted by atomic mass is 10.0. The molecule has 1 amide bonds. The van der Waals surface area contributed by atoms with Crippen LogP contribution in [0.5, 0.6) is 5.75 Å². The van der Waals surface area contributed by atoms with Crippen molar-refractivity contribution >= 4 is 23.8 Å². The molecule has 0 saturated heterocycles. The molecule has 0 aliphatic heterocycles. The molecule has 0 heterocycles. The van der Waals surface area contributed by atoms with Gasteiger partial charge in [-0.05, 0) is 63.6 Å². The maximum absolute atomic E-state index is 12.8. The molecule has 0 bridgehead atoms. The Bertz CT molecular complexity index is 853. The van der Waals surface area contributed by atoms with Gasteiger partial charge in [-0.15, -0.1) is 0 Å². The number of ether oxygens (including phenoxy) is 3. The Labute approximate surface area is 177 Å². The van der Waals surface area contributed by atoms with Crippen LogP contribution in [0.3, 0.4) is 0 Å². The van der Waals surface area contributed by atoms with E-state index in [1.807, 2.05) is 36.4 Å². The van der Waals surface area contributed by atoms with Gasteiger partial charge in [-0.25, -0.2) is 4.79 Å². The molecule has 0 aliphatic carbocycles. The molecule has 2 aromatic rings. The second-order valence-corrected chi connectivity index (χ2v) is 7.82. The molecule has 0 fully saturated rings. The SMILES string of the molecule is COc1ccc(NC(=O)[C@H](C)[C@@H](/C=C/c2ccccc2)OC(=O)OC(C)(C)C)cc1. The Balaban J connectivity index is 2.14. The zero-order valence-electron chi connectivity index (χ0n) is 18.0. The summed E-state index contributed by atoms with van der Waals surface area (Å²) in [6.07, 6.45) is 1.87. The maximum atomic E-state index is 12.8. The number of carbonyl (C=O) groups excluding carboxylic acids is 2. The summed E-state index contributed by atoms with van der Waals surface area (Å²) in [4.78, 5) is 25.0. The molecule has 0 spiro atoms. The van der Waals surface area contributed by atoms with Crippen LogP contribution in [-0.2, 0) is 14.3 Å². The molecular weight excluding hydrogens is 382 g/mol. The van der Waals surface area contributed by atoms with E-state index in [1.54, 1.807) is 65.1 Å². The van der Waals surface area contributed by atoms with Crippen molar-refractivity contribution in [3.8, 4) is 5.75 Å². The Morgan fingerprint density at radius 2 is 1.63 bits per heavy atom. The fourth-order valence-corrected chi connectivity index (χ4v) is 2.54. The van der Waals surface area contributed by atoms with Gasteiger partial charge in [0.05, 0.1) is 13.0 Å². The van der Waals surface area contributed by atoms with Gasteiger partial charge in [0.2, 0.25) is 5.91 Å². The maximum Gasteiger partial charge on any atom is 0.509 e. The summed E-state index contributed by atoms with van der Waals surface area (Å²) in [6.45, 7) is 6.96. The lowest BCUT2D eigenvalue weighted by molar-refractivity contribution is -0.122. The van der Waals surface area contributed by atoms with E-state index in [2.05, 4.69) is 5.32 Å². The van der Waals surface area contributed by atoms with Crippen molar-refractivity contribution < 1.29 is 23.8 Å². The van der Waals surface area contributed by atoms with E-state index in [-0.39, 0.29) is 5.91 Å². The van der Waals surface area contributed by atoms with E-state index < -0.39 is 23.8 Å². The summed E-state index contributed by atoms with van der Waals surface area (Å²) in [5, 5.41) is 2.83. The number of hydrogen-bond acceptors (Lipinski definition) is 5. The highest BCUT2D eigenvalue weighted by Crippen LogP contribution is 2.19. The Hall–Kier alpha value is -3.28. The number of methoxy groups -OCH3 is 1. The van der Waals surface area contributed by atoms with E-state index in [1.165, 1.54) is 0 Å². The number of anilines is 1. The highest BCUT2D eigenvalue weighted by atomic mass is 16.7. The summed E-state index contributed by atoms with van der Waals surface area (Å²) >= 11 is 0. The molecule has 6 nitrogen and oxygen atoms in total. The number of rotatable bonds is 7. The van der Waals surface area contributed by atoms with Crippen LogP contribution >= 0.6 is 0 Å². The van der Waals surface area contributed by atoms with Crippen molar-refractivity contribution in [3.05, 3.63) is 66.2 Å². The highest BCUT2D eigenvalue weighted by molar-refractivity contribution is 5.93. The smallest absolute Gasteiger partial charge is 0.497 e. The standard InChI is InChI=1S/C24H29NO5/c1-17(22(26)25-19-12-14-20(28-5)15-13-19)21(29-23(27)30-24(2,3)4)16-11-18-9-7-6-8-10-18/h6-17,21H,1-5H3,(H,25,26)/b16-11+/t17-,21-/m1/s1. The van der Waals surface area contributed by atoms with Gasteiger partial charge in [-0.3, -0.25) is 4.79 Å². The minimum Gasteiger partial charge on any atom is -0.497 e. The monoisotopic (exact) mass is 411 g/mol. The first-order valence-corrected chi connectivity index (χ1v) is 9.76. The highest BCUT2D eigenvalue weighted by Gasteiger charge is 2.28. The van der Waals surface area contributed by atoms with Crippen LogP contribution in [-0.4, -0.2) is 30.9 Å². The third-order valence-electron chi connectivity index (χ3n) is 4.16. The molecular formula is C24H29NO5. The normalized spacial score (nSPS) is 13.4. The van der Waals surface area contributed by atoms with Crippen LogP contribution in [0.15, 0.2) is 60.7 Å². The van der Waals surface area contributed by atoms with Gasteiger partial charge >= 0.3 is 6.16 Å². The molecule has 1 N–H and O–H groups in total. The number of amides is 1. The molecule has 0 aromatic heterocycles. The molecule has 0 aliphatic rings. The van der Waals surface area contributed by atoms with Crippen LogP contribution < -0.4 is 10.1 Å². The third kappa shape index (κ3) is 7.62. The molecule has 160 valence electrons. The van der Waals surface area contributed by atoms with E-state index in [9.17, 15) is 9.59 Å². The van der Waals surface area contributed by atoms with Gasteiger partial charge in [0.15, 0.2) is 0 Å². The molecule has 0 radical (unpaired) electrons. The quantitative estimate of drug-likeness (QED) is 0.626. The van der Waals surface area contributed by atoms with Gasteiger partial charge in [-0.2, -0.15) is 0 Å². The molecule has 0 unspecified atom stereocenters. The summed E-state index contributed by atoms with van der Waals surface area (Å²) in [5.41, 5.74) is 0.855. The molecule has 2 rings (SSSR count). The largest absolute Gasteiger partial charge is 0.509 e. The fraction of sp³-hybridized carbons (Fsp3) is 0.333. The van der Waals surface area contributed by atoms with Gasteiger partial charge in [0.1, 0.15) is 17.5 Å². The van der Waals surface area contributed by atoms with Crippen LogP contribution in [0.4, 0.5) is 10.5 Å². The number of hydrogen-bond donors (Lipinski definition) is 1. The predicted octanol–water partition coefficient (Wildman–Crippen LogP) is 5.30. The minimum atomic E-state index is -0.825. The Kier molecular flexibility index (Phi) is 8.04. The number of nitrogens with one attached hydrogen (secondary N) is 1. The van der Waals surface area contributed by atoms with Crippen molar-refractivity contribution in [2.24, 2.45) is 5.92 Å². The fourth-order valence-electron chi connectivity index (χ4n) is 2.54. The van der Waals surface area contributed by atoms with Crippen LogP contribution in [0.2, 0.25) is 0 Å². The summed E-state index contributed by atoms with van der Waals surface area (Å²) in [7, 11) is 1.58. The van der Waals surface area contributed by atoms with E-state index in [4.69, 9.17) is 14.2 Å². The predicted molar refractivity (Wildman–Crippen MR) is 117 cm³/mol. The average molecular weight is 411 g/mol. The minimum absolute atomic E-state index is 0.286.